The number of azide groups is 1. The van der Waals surface area contributed by atoms with Crippen LogP contribution in [0.3, 0.4) is 0 Å². The van der Waals surface area contributed by atoms with E-state index in [0.29, 0.717) is 5.69 Å². The molecule has 2 aromatic rings. The fourth-order valence-corrected chi connectivity index (χ4v) is 4.19. The smallest absolute Gasteiger partial charge is 0.339 e. The van der Waals surface area contributed by atoms with E-state index in [1.54, 1.807) is 19.1 Å². The van der Waals surface area contributed by atoms with E-state index < -0.39 is 42.2 Å². The van der Waals surface area contributed by atoms with Gasteiger partial charge in [0.25, 0.3) is 11.8 Å². The highest BCUT2D eigenvalue weighted by atomic mass is 16.6. The summed E-state index contributed by atoms with van der Waals surface area (Å²) in [7, 11) is 0. The largest absolute Gasteiger partial charge is 0.461 e. The maximum atomic E-state index is 13.1. The molecule has 0 bridgehead atoms. The highest BCUT2D eigenvalue weighted by Gasteiger charge is 2.45. The van der Waals surface area contributed by atoms with Crippen molar-refractivity contribution in [2.45, 2.75) is 25.8 Å². The molecule has 0 saturated carbocycles. The monoisotopic (exact) mass is 597 g/mol. The van der Waals surface area contributed by atoms with Crippen molar-refractivity contribution in [1.82, 2.24) is 25.2 Å². The van der Waals surface area contributed by atoms with Gasteiger partial charge in [-0.3, -0.25) is 29.4 Å². The van der Waals surface area contributed by atoms with Crippen LogP contribution in [0.5, 0.6) is 12.0 Å². The number of hydrogen-bond acceptors (Lipinski definition) is 14. The molecule has 43 heavy (non-hydrogen) atoms. The second-order valence-electron chi connectivity index (χ2n) is 8.99. The molecule has 0 radical (unpaired) electrons. The van der Waals surface area contributed by atoms with Gasteiger partial charge in [-0.05, 0) is 31.0 Å². The zero-order valence-corrected chi connectivity index (χ0v) is 23.0. The Labute approximate surface area is 243 Å². The molecular weight excluding hydrogens is 570 g/mol. The van der Waals surface area contributed by atoms with Gasteiger partial charge in [0.15, 0.2) is 0 Å². The number of rotatable bonds is 15. The minimum atomic E-state index is -1.05. The molecule has 1 atom stereocenters. The minimum Gasteiger partial charge on any atom is -0.461 e. The van der Waals surface area contributed by atoms with Crippen LogP contribution in [-0.4, -0.2) is 102 Å². The van der Waals surface area contributed by atoms with Gasteiger partial charge in [0.1, 0.15) is 25.1 Å². The number of benzene rings is 1. The molecule has 2 N–H and O–H groups in total. The average molecular weight is 598 g/mol. The molecule has 0 aliphatic carbocycles. The number of esters is 1. The normalized spacial score (nSPS) is 15.9. The van der Waals surface area contributed by atoms with Crippen LogP contribution in [0.4, 0.5) is 5.69 Å². The molecule has 3 heterocycles. The summed E-state index contributed by atoms with van der Waals surface area (Å²) in [6.45, 7) is 2.00. The third kappa shape index (κ3) is 7.97. The Kier molecular flexibility index (Phi) is 10.5. The standard InChI is InChI=1S/C25H27N9O9/c1-14-29-24(32-25(30-14)43-19(36)13-41-10-8-28-33-26)42-12-11-40-9-7-27-16-4-2-3-15-20(16)23(39)34(22(15)38)17-5-6-18(35)31-21(17)37/h2-4,17,27H,5-13H2,1H3,(H,31,35,37). The number of hydrogen-bond donors (Lipinski definition) is 2. The van der Waals surface area contributed by atoms with E-state index in [-0.39, 0.29) is 81.3 Å². The number of nitrogens with one attached hydrogen (secondary N) is 2. The van der Waals surface area contributed by atoms with Crippen LogP contribution in [-0.2, 0) is 23.9 Å². The number of piperidine rings is 1. The number of fused-ring (bicyclic) bond motifs is 1. The van der Waals surface area contributed by atoms with Crippen molar-refractivity contribution in [2.75, 3.05) is 51.4 Å². The summed E-state index contributed by atoms with van der Waals surface area (Å²) < 4.78 is 21.0. The summed E-state index contributed by atoms with van der Waals surface area (Å²) in [4.78, 5) is 77.0. The molecular formula is C25H27N9O9. The summed E-state index contributed by atoms with van der Waals surface area (Å²) in [6, 6.07) is 3.38. The molecule has 1 unspecified atom stereocenters. The van der Waals surface area contributed by atoms with E-state index in [2.05, 4.69) is 35.6 Å². The number of nitrogens with zero attached hydrogens (tertiary/aromatic N) is 7. The molecule has 226 valence electrons. The van der Waals surface area contributed by atoms with Crippen molar-refractivity contribution < 1.29 is 42.9 Å². The van der Waals surface area contributed by atoms with Gasteiger partial charge in [0.05, 0.1) is 30.9 Å². The van der Waals surface area contributed by atoms with Crippen molar-refractivity contribution >= 4 is 35.3 Å². The number of aromatic nitrogens is 3. The van der Waals surface area contributed by atoms with E-state index in [0.717, 1.165) is 4.90 Å². The molecule has 1 fully saturated rings. The summed E-state index contributed by atoms with van der Waals surface area (Å²) in [5.41, 5.74) is 8.94. The maximum Gasteiger partial charge on any atom is 0.339 e. The van der Waals surface area contributed by atoms with Crippen LogP contribution in [0.2, 0.25) is 0 Å². The Morgan fingerprint density at radius 3 is 2.70 bits per heavy atom. The van der Waals surface area contributed by atoms with Crippen LogP contribution in [0, 0.1) is 6.92 Å². The SMILES string of the molecule is Cc1nc(OCCOCCNc2cccc3c2C(=O)N(C2CCC(=O)NC2=O)C3=O)nc(OC(=O)COCCN=[N+]=[N-])n1. The van der Waals surface area contributed by atoms with Crippen molar-refractivity contribution in [1.29, 1.82) is 0 Å². The predicted octanol–water partition coefficient (Wildman–Crippen LogP) is 0.321. The van der Waals surface area contributed by atoms with Gasteiger partial charge < -0.3 is 24.3 Å². The van der Waals surface area contributed by atoms with E-state index >= 15 is 0 Å². The first-order chi connectivity index (χ1) is 20.8. The lowest BCUT2D eigenvalue weighted by Gasteiger charge is -2.27. The Hall–Kier alpha value is -5.19. The molecule has 18 nitrogen and oxygen atoms in total. The van der Waals surface area contributed by atoms with Gasteiger partial charge in [0.2, 0.25) is 11.8 Å². The van der Waals surface area contributed by atoms with Gasteiger partial charge in [-0.25, -0.2) is 4.79 Å². The fraction of sp³-hybridized carbons (Fsp3) is 0.440. The van der Waals surface area contributed by atoms with Crippen LogP contribution in [0.25, 0.3) is 10.4 Å². The quantitative estimate of drug-likeness (QED) is 0.0703. The zero-order chi connectivity index (χ0) is 30.8. The number of carbonyl (C=O) groups excluding carboxylic acids is 5. The molecule has 0 spiro atoms. The van der Waals surface area contributed by atoms with Crippen molar-refractivity contribution in [3.05, 3.63) is 45.6 Å². The Bertz CT molecular complexity index is 1460. The number of imide groups is 2. The summed E-state index contributed by atoms with van der Waals surface area (Å²) in [5.74, 6) is -2.82. The van der Waals surface area contributed by atoms with E-state index in [4.69, 9.17) is 24.5 Å². The molecule has 1 aromatic carbocycles. The van der Waals surface area contributed by atoms with Gasteiger partial charge in [-0.2, -0.15) is 9.97 Å². The third-order valence-corrected chi connectivity index (χ3v) is 6.02. The zero-order valence-electron chi connectivity index (χ0n) is 23.0. The summed E-state index contributed by atoms with van der Waals surface area (Å²) >= 11 is 0. The van der Waals surface area contributed by atoms with Gasteiger partial charge >= 0.3 is 18.0 Å². The lowest BCUT2D eigenvalue weighted by atomic mass is 10.0. The van der Waals surface area contributed by atoms with E-state index in [1.807, 2.05) is 0 Å². The Morgan fingerprint density at radius 1 is 1.09 bits per heavy atom. The molecule has 4 amide bonds. The van der Waals surface area contributed by atoms with E-state index in [9.17, 15) is 24.0 Å². The molecule has 2 aliphatic heterocycles. The molecule has 1 saturated heterocycles. The van der Waals surface area contributed by atoms with Crippen LogP contribution in [0.15, 0.2) is 23.3 Å². The number of amides is 4. The second-order valence-corrected chi connectivity index (χ2v) is 8.99. The highest BCUT2D eigenvalue weighted by molar-refractivity contribution is 6.25. The highest BCUT2D eigenvalue weighted by Crippen LogP contribution is 2.32. The first-order valence-corrected chi connectivity index (χ1v) is 13.1. The van der Waals surface area contributed by atoms with Gasteiger partial charge in [0, 0.05) is 30.1 Å². The second kappa shape index (κ2) is 14.6. The van der Waals surface area contributed by atoms with E-state index in [1.165, 1.54) is 6.07 Å². The topological polar surface area (TPSA) is 237 Å². The van der Waals surface area contributed by atoms with Crippen molar-refractivity contribution in [2.24, 2.45) is 5.11 Å². The first kappa shape index (κ1) is 30.8. The first-order valence-electron chi connectivity index (χ1n) is 13.1. The van der Waals surface area contributed by atoms with Gasteiger partial charge in [-0.15, -0.1) is 4.98 Å². The summed E-state index contributed by atoms with van der Waals surface area (Å²) in [5, 5.41) is 8.52. The fourth-order valence-electron chi connectivity index (χ4n) is 4.19. The van der Waals surface area contributed by atoms with Crippen LogP contribution >= 0.6 is 0 Å². The number of aryl methyl sites for hydroxylation is 1. The van der Waals surface area contributed by atoms with Gasteiger partial charge in [-0.1, -0.05) is 11.2 Å². The maximum absolute atomic E-state index is 13.1. The van der Waals surface area contributed by atoms with Crippen molar-refractivity contribution in [3.63, 3.8) is 0 Å². The number of ether oxygens (including phenoxy) is 4. The number of anilines is 1. The molecule has 4 rings (SSSR count). The molecule has 1 aromatic heterocycles. The lowest BCUT2D eigenvalue weighted by molar-refractivity contribution is -0.140. The molecule has 2 aliphatic rings. The minimum absolute atomic E-state index is 0.0369. The van der Waals surface area contributed by atoms with Crippen LogP contribution in [0.1, 0.15) is 39.4 Å². The Balaban J connectivity index is 1.20. The lowest BCUT2D eigenvalue weighted by Crippen LogP contribution is -2.54. The average Bonchev–Trinajstić information content (AvgIpc) is 3.22. The Morgan fingerprint density at radius 2 is 1.91 bits per heavy atom. The predicted molar refractivity (Wildman–Crippen MR) is 143 cm³/mol. The molecule has 18 heteroatoms. The third-order valence-electron chi connectivity index (χ3n) is 6.02. The number of carbonyl (C=O) groups is 5. The van der Waals surface area contributed by atoms with Crippen LogP contribution < -0.4 is 20.1 Å². The van der Waals surface area contributed by atoms with Crippen molar-refractivity contribution in [3.8, 4) is 12.0 Å². The summed E-state index contributed by atoms with van der Waals surface area (Å²) in [6.07, 6.45) is 0.108.